The van der Waals surface area contributed by atoms with Gasteiger partial charge in [0.15, 0.2) is 6.61 Å². The Bertz CT molecular complexity index is 208. The Morgan fingerprint density at radius 3 is 2.60 bits per heavy atom. The lowest BCUT2D eigenvalue weighted by molar-refractivity contribution is -0.146. The van der Waals surface area contributed by atoms with E-state index in [1.807, 2.05) is 13.8 Å². The van der Waals surface area contributed by atoms with Gasteiger partial charge in [-0.15, -0.1) is 0 Å². The number of rotatable bonds is 6. The molecule has 0 aliphatic rings. The van der Waals surface area contributed by atoms with Gasteiger partial charge in [-0.25, -0.2) is 9.59 Å². The molecule has 1 unspecified atom stereocenters. The second-order valence-corrected chi connectivity index (χ2v) is 6.76. The quantitative estimate of drug-likeness (QED) is 0.320. The highest BCUT2D eigenvalue weighted by Gasteiger charge is 2.11. The molecule has 0 amide bonds. The van der Waals surface area contributed by atoms with Crippen molar-refractivity contribution >= 4 is 45.6 Å². The molecule has 0 aromatic heterocycles. The van der Waals surface area contributed by atoms with Crippen LogP contribution in [0, 0.1) is 0 Å². The first-order valence-corrected chi connectivity index (χ1v) is 6.82. The van der Waals surface area contributed by atoms with Gasteiger partial charge in [0.25, 0.3) is 0 Å². The predicted molar refractivity (Wildman–Crippen MR) is 68.3 cm³/mol. The van der Waals surface area contributed by atoms with Crippen molar-refractivity contribution in [1.29, 1.82) is 0 Å². The fourth-order valence-corrected chi connectivity index (χ4v) is 1.67. The van der Waals surface area contributed by atoms with Crippen molar-refractivity contribution in [3.63, 3.8) is 0 Å². The molecule has 0 aromatic carbocycles. The topological polar surface area (TPSA) is 52.6 Å². The van der Waals surface area contributed by atoms with Crippen LogP contribution in [-0.2, 0) is 14.3 Å². The number of unbranched alkanes of at least 4 members (excludes halogenated alkanes) is 1. The van der Waals surface area contributed by atoms with Gasteiger partial charge in [-0.05, 0) is 25.1 Å². The van der Waals surface area contributed by atoms with Crippen LogP contribution in [0.25, 0.3) is 0 Å². The number of alkyl halides is 1. The Kier molecular flexibility index (Phi) is 9.27. The zero-order valence-corrected chi connectivity index (χ0v) is 11.8. The molecular formula is C9H15IO4S. The van der Waals surface area contributed by atoms with E-state index in [0.717, 1.165) is 24.6 Å². The molecule has 0 radical (unpaired) electrons. The fourth-order valence-electron chi connectivity index (χ4n) is 0.656. The van der Waals surface area contributed by atoms with Gasteiger partial charge in [-0.2, -0.15) is 0 Å². The summed E-state index contributed by atoms with van der Waals surface area (Å²) in [5, 5.41) is -0.440. The standard InChI is InChI=1S/C9H15IO4S/c1-3-4-5-13-8(11)6-14-9(12)15-7(2)10/h7H,3-6H2,1-2H3. The number of ether oxygens (including phenoxy) is 2. The van der Waals surface area contributed by atoms with Crippen molar-refractivity contribution in [1.82, 2.24) is 0 Å². The van der Waals surface area contributed by atoms with Crippen molar-refractivity contribution in [2.24, 2.45) is 0 Å². The Labute approximate surface area is 108 Å². The maximum atomic E-state index is 11.0. The molecule has 4 nitrogen and oxygen atoms in total. The summed E-state index contributed by atoms with van der Waals surface area (Å²) >= 11 is 3.13. The van der Waals surface area contributed by atoms with Gasteiger partial charge in [0.1, 0.15) is 0 Å². The smallest absolute Gasteiger partial charge is 0.368 e. The molecule has 0 heterocycles. The Morgan fingerprint density at radius 2 is 2.07 bits per heavy atom. The van der Waals surface area contributed by atoms with Gasteiger partial charge < -0.3 is 9.47 Å². The predicted octanol–water partition coefficient (Wildman–Crippen LogP) is 2.98. The highest BCUT2D eigenvalue weighted by molar-refractivity contribution is 14.1. The summed E-state index contributed by atoms with van der Waals surface area (Å²) in [6, 6.07) is 0. The van der Waals surface area contributed by atoms with Gasteiger partial charge in [0.05, 0.1) is 9.86 Å². The van der Waals surface area contributed by atoms with Crippen molar-refractivity contribution in [2.45, 2.75) is 29.9 Å². The monoisotopic (exact) mass is 346 g/mol. The number of halogens is 1. The van der Waals surface area contributed by atoms with E-state index in [0.29, 0.717) is 6.61 Å². The van der Waals surface area contributed by atoms with Crippen LogP contribution >= 0.6 is 34.4 Å². The molecule has 0 spiro atoms. The van der Waals surface area contributed by atoms with Crippen molar-refractivity contribution in [2.75, 3.05) is 13.2 Å². The molecule has 0 aliphatic carbocycles. The van der Waals surface area contributed by atoms with Crippen LogP contribution in [0.2, 0.25) is 0 Å². The van der Waals surface area contributed by atoms with Crippen LogP contribution in [0.15, 0.2) is 0 Å². The van der Waals surface area contributed by atoms with E-state index in [-0.39, 0.29) is 9.86 Å². The van der Waals surface area contributed by atoms with Gasteiger partial charge in [0, 0.05) is 0 Å². The van der Waals surface area contributed by atoms with Crippen LogP contribution in [0.3, 0.4) is 0 Å². The summed E-state index contributed by atoms with van der Waals surface area (Å²) in [4.78, 5) is 22.0. The molecule has 0 saturated heterocycles. The van der Waals surface area contributed by atoms with Crippen molar-refractivity contribution in [3.05, 3.63) is 0 Å². The first-order chi connectivity index (χ1) is 7.06. The average molecular weight is 346 g/mol. The molecule has 0 fully saturated rings. The third kappa shape index (κ3) is 10.3. The Balaban J connectivity index is 3.49. The second kappa shape index (κ2) is 9.26. The molecule has 0 aromatic rings. The summed E-state index contributed by atoms with van der Waals surface area (Å²) in [6.45, 7) is 3.97. The summed E-state index contributed by atoms with van der Waals surface area (Å²) in [5.74, 6) is -0.487. The van der Waals surface area contributed by atoms with E-state index < -0.39 is 11.3 Å². The minimum atomic E-state index is -0.487. The van der Waals surface area contributed by atoms with Crippen molar-refractivity contribution < 1.29 is 19.1 Å². The second-order valence-electron chi connectivity index (χ2n) is 2.77. The summed E-state index contributed by atoms with van der Waals surface area (Å²) in [7, 11) is 0. The van der Waals surface area contributed by atoms with Gasteiger partial charge >= 0.3 is 11.3 Å². The lowest BCUT2D eigenvalue weighted by Gasteiger charge is -2.05. The largest absolute Gasteiger partial charge is 0.463 e. The van der Waals surface area contributed by atoms with Crippen LogP contribution in [0.4, 0.5) is 4.79 Å². The molecular weight excluding hydrogens is 331 g/mol. The summed E-state index contributed by atoms with van der Waals surface area (Å²) in [5.41, 5.74) is 0. The number of esters is 1. The van der Waals surface area contributed by atoms with E-state index in [4.69, 9.17) is 9.47 Å². The maximum Gasteiger partial charge on any atom is 0.368 e. The number of thioether (sulfide) groups is 1. The molecule has 88 valence electrons. The van der Waals surface area contributed by atoms with Crippen LogP contribution in [-0.4, -0.2) is 27.7 Å². The molecule has 6 heteroatoms. The molecule has 0 aliphatic heterocycles. The minimum Gasteiger partial charge on any atom is -0.463 e. The Morgan fingerprint density at radius 1 is 1.40 bits per heavy atom. The lowest BCUT2D eigenvalue weighted by Crippen LogP contribution is -2.15. The molecule has 0 bridgehead atoms. The highest BCUT2D eigenvalue weighted by atomic mass is 127. The van der Waals surface area contributed by atoms with E-state index in [2.05, 4.69) is 22.6 Å². The highest BCUT2D eigenvalue weighted by Crippen LogP contribution is 2.18. The zero-order chi connectivity index (χ0) is 11.7. The minimum absolute atomic E-state index is 0.131. The molecule has 15 heavy (non-hydrogen) atoms. The van der Waals surface area contributed by atoms with Gasteiger partial charge in [-0.1, -0.05) is 35.9 Å². The van der Waals surface area contributed by atoms with E-state index in [1.54, 1.807) is 0 Å². The van der Waals surface area contributed by atoms with Crippen LogP contribution in [0.5, 0.6) is 0 Å². The molecule has 1 atom stereocenters. The van der Waals surface area contributed by atoms with Crippen LogP contribution in [0.1, 0.15) is 26.7 Å². The number of hydrogen-bond acceptors (Lipinski definition) is 5. The summed E-state index contributed by atoms with van der Waals surface area (Å²) < 4.78 is 9.63. The first kappa shape index (κ1) is 15.0. The third-order valence-corrected chi connectivity index (χ3v) is 2.73. The van der Waals surface area contributed by atoms with Crippen molar-refractivity contribution in [3.8, 4) is 0 Å². The van der Waals surface area contributed by atoms with Crippen LogP contribution < -0.4 is 0 Å². The fraction of sp³-hybridized carbons (Fsp3) is 0.778. The van der Waals surface area contributed by atoms with E-state index >= 15 is 0 Å². The molecule has 0 N–H and O–H groups in total. The molecule has 0 saturated carbocycles. The normalized spacial score (nSPS) is 11.9. The van der Waals surface area contributed by atoms with E-state index in [1.165, 1.54) is 0 Å². The number of carbonyl (C=O) groups excluding carboxylic acids is 2. The maximum absolute atomic E-state index is 11.0. The average Bonchev–Trinajstić information content (AvgIpc) is 2.14. The summed E-state index contributed by atoms with van der Waals surface area (Å²) in [6.07, 6.45) is 1.80. The zero-order valence-electron chi connectivity index (χ0n) is 8.82. The SMILES string of the molecule is CCCCOC(=O)COC(=O)SC(C)I. The Hall–Kier alpha value is 0.0200. The van der Waals surface area contributed by atoms with Gasteiger partial charge in [-0.3, -0.25) is 0 Å². The third-order valence-electron chi connectivity index (χ3n) is 1.33. The van der Waals surface area contributed by atoms with E-state index in [9.17, 15) is 9.59 Å². The molecule has 0 rings (SSSR count). The lowest BCUT2D eigenvalue weighted by atomic mass is 10.4. The first-order valence-electron chi connectivity index (χ1n) is 4.69. The van der Waals surface area contributed by atoms with Gasteiger partial charge in [0.2, 0.25) is 0 Å². The number of carbonyl (C=O) groups is 2. The number of hydrogen-bond donors (Lipinski definition) is 0.